The number of nitrogen functional groups attached to an aromatic ring is 1. The maximum Gasteiger partial charge on any atom is 0.241 e. The fourth-order valence-electron chi connectivity index (χ4n) is 1.22. The average Bonchev–Trinajstić information content (AvgIpc) is 2.95. The van der Waals surface area contributed by atoms with Gasteiger partial charge >= 0.3 is 0 Å². The quantitative estimate of drug-likeness (QED) is 0.822. The molecule has 1 aliphatic rings. The minimum absolute atomic E-state index is 0.0657. The lowest BCUT2D eigenvalue weighted by Gasteiger charge is -2.13. The molecule has 1 fully saturated rings. The zero-order valence-electron chi connectivity index (χ0n) is 9.06. The number of hydrogen-bond acceptors (Lipinski definition) is 4. The molecule has 0 amide bonds. The van der Waals surface area contributed by atoms with E-state index in [-0.39, 0.29) is 6.10 Å². The number of rotatable bonds is 4. The lowest BCUT2D eigenvalue weighted by molar-refractivity contribution is 0.231. The smallest absolute Gasteiger partial charge is 0.241 e. The molecule has 1 aromatic heterocycles. The Labute approximate surface area is 89.4 Å². The van der Waals surface area contributed by atoms with Crippen molar-refractivity contribution in [2.24, 2.45) is 0 Å². The zero-order valence-corrected chi connectivity index (χ0v) is 9.06. The van der Waals surface area contributed by atoms with Crippen LogP contribution in [0.5, 0.6) is 11.6 Å². The molecule has 4 heteroatoms. The van der Waals surface area contributed by atoms with Crippen molar-refractivity contribution in [3.05, 3.63) is 12.3 Å². The number of nitrogens with two attached hydrogens (primary N) is 1. The van der Waals surface area contributed by atoms with Gasteiger partial charge in [0.05, 0.1) is 12.2 Å². The largest absolute Gasteiger partial charge is 0.488 e. The third-order valence-corrected chi connectivity index (χ3v) is 2.08. The first-order chi connectivity index (χ1) is 7.16. The van der Waals surface area contributed by atoms with Crippen molar-refractivity contribution in [2.45, 2.75) is 38.9 Å². The fourth-order valence-corrected chi connectivity index (χ4v) is 1.22. The Morgan fingerprint density at radius 2 is 2.20 bits per heavy atom. The molecule has 0 radical (unpaired) electrons. The number of pyridine rings is 1. The molecule has 0 unspecified atom stereocenters. The maximum atomic E-state index is 5.90. The summed E-state index contributed by atoms with van der Waals surface area (Å²) in [7, 11) is 0. The van der Waals surface area contributed by atoms with Gasteiger partial charge in [-0.1, -0.05) is 0 Å². The molecule has 1 heterocycles. The number of ether oxygens (including phenoxy) is 2. The van der Waals surface area contributed by atoms with Crippen LogP contribution in [0.2, 0.25) is 0 Å². The topological polar surface area (TPSA) is 57.4 Å². The first-order valence-corrected chi connectivity index (χ1v) is 5.24. The third-order valence-electron chi connectivity index (χ3n) is 2.08. The second-order valence-electron chi connectivity index (χ2n) is 4.01. The highest BCUT2D eigenvalue weighted by Crippen LogP contribution is 2.34. The molecule has 0 bridgehead atoms. The second-order valence-corrected chi connectivity index (χ2v) is 4.01. The van der Waals surface area contributed by atoms with Gasteiger partial charge in [0, 0.05) is 12.3 Å². The Hall–Kier alpha value is -1.45. The van der Waals surface area contributed by atoms with Crippen LogP contribution in [0.4, 0.5) is 5.69 Å². The lowest BCUT2D eigenvalue weighted by Crippen LogP contribution is -2.10. The molecule has 0 saturated heterocycles. The normalized spacial score (nSPS) is 15.4. The summed E-state index contributed by atoms with van der Waals surface area (Å²) in [6.45, 7) is 3.88. The first-order valence-electron chi connectivity index (χ1n) is 5.24. The summed E-state index contributed by atoms with van der Waals surface area (Å²) in [6, 6.07) is 1.78. The van der Waals surface area contributed by atoms with E-state index in [0.717, 1.165) is 12.8 Å². The summed E-state index contributed by atoms with van der Waals surface area (Å²) in [5, 5.41) is 0. The second kappa shape index (κ2) is 3.96. The van der Waals surface area contributed by atoms with Crippen molar-refractivity contribution in [1.29, 1.82) is 0 Å². The Kier molecular flexibility index (Phi) is 2.66. The van der Waals surface area contributed by atoms with Crippen LogP contribution in [0.1, 0.15) is 26.7 Å². The molecular weight excluding hydrogens is 192 g/mol. The van der Waals surface area contributed by atoms with Gasteiger partial charge in [0.25, 0.3) is 0 Å². The highest BCUT2D eigenvalue weighted by molar-refractivity contribution is 5.59. The van der Waals surface area contributed by atoms with E-state index in [9.17, 15) is 0 Å². The molecule has 2 N–H and O–H groups in total. The van der Waals surface area contributed by atoms with Gasteiger partial charge in [0.15, 0.2) is 0 Å². The third kappa shape index (κ3) is 2.52. The van der Waals surface area contributed by atoms with Crippen LogP contribution < -0.4 is 15.2 Å². The summed E-state index contributed by atoms with van der Waals surface area (Å²) < 4.78 is 11.1. The van der Waals surface area contributed by atoms with Gasteiger partial charge in [0.2, 0.25) is 5.88 Å². The van der Waals surface area contributed by atoms with E-state index in [0.29, 0.717) is 23.4 Å². The van der Waals surface area contributed by atoms with Crippen molar-refractivity contribution in [2.75, 3.05) is 5.73 Å². The molecule has 4 nitrogen and oxygen atoms in total. The Balaban J connectivity index is 2.15. The molecule has 2 rings (SSSR count). The van der Waals surface area contributed by atoms with Crippen LogP contribution in [0, 0.1) is 0 Å². The van der Waals surface area contributed by atoms with Gasteiger partial charge in [-0.15, -0.1) is 0 Å². The van der Waals surface area contributed by atoms with Gasteiger partial charge in [-0.3, -0.25) is 0 Å². The van der Waals surface area contributed by atoms with Crippen LogP contribution in [0.3, 0.4) is 0 Å². The predicted octanol–water partition coefficient (Wildman–Crippen LogP) is 1.99. The average molecular weight is 208 g/mol. The molecule has 1 aromatic rings. The van der Waals surface area contributed by atoms with E-state index in [2.05, 4.69) is 4.98 Å². The van der Waals surface area contributed by atoms with E-state index in [1.807, 2.05) is 13.8 Å². The molecule has 0 spiro atoms. The molecule has 0 atom stereocenters. The van der Waals surface area contributed by atoms with Crippen molar-refractivity contribution < 1.29 is 9.47 Å². The fraction of sp³-hybridized carbons (Fsp3) is 0.545. The molecule has 82 valence electrons. The van der Waals surface area contributed by atoms with E-state index in [1.165, 1.54) is 0 Å². The Bertz CT molecular complexity index is 326. The summed E-state index contributed by atoms with van der Waals surface area (Å²) in [6.07, 6.45) is 4.29. The van der Waals surface area contributed by atoms with E-state index in [1.54, 1.807) is 12.3 Å². The maximum absolute atomic E-state index is 5.90. The van der Waals surface area contributed by atoms with Crippen LogP contribution >= 0.6 is 0 Å². The van der Waals surface area contributed by atoms with Gasteiger partial charge in [-0.05, 0) is 26.7 Å². The highest BCUT2D eigenvalue weighted by atomic mass is 16.5. The van der Waals surface area contributed by atoms with Gasteiger partial charge < -0.3 is 15.2 Å². The van der Waals surface area contributed by atoms with Crippen molar-refractivity contribution >= 4 is 5.69 Å². The van der Waals surface area contributed by atoms with Crippen LogP contribution in [0.25, 0.3) is 0 Å². The SMILES string of the molecule is CC(C)Oc1nccc(OC2CC2)c1N. The number of anilines is 1. The Morgan fingerprint density at radius 1 is 1.47 bits per heavy atom. The van der Waals surface area contributed by atoms with Crippen molar-refractivity contribution in [3.63, 3.8) is 0 Å². The van der Waals surface area contributed by atoms with Crippen molar-refractivity contribution in [3.8, 4) is 11.6 Å². The molecule has 0 aliphatic heterocycles. The van der Waals surface area contributed by atoms with Gasteiger partial charge in [-0.25, -0.2) is 4.98 Å². The van der Waals surface area contributed by atoms with E-state index in [4.69, 9.17) is 15.2 Å². The Morgan fingerprint density at radius 3 is 2.80 bits per heavy atom. The van der Waals surface area contributed by atoms with Crippen LogP contribution in [-0.2, 0) is 0 Å². The number of hydrogen-bond donors (Lipinski definition) is 1. The minimum atomic E-state index is 0.0657. The van der Waals surface area contributed by atoms with E-state index < -0.39 is 0 Å². The molecule has 1 aliphatic carbocycles. The molecule has 0 aromatic carbocycles. The summed E-state index contributed by atoms with van der Waals surface area (Å²) in [5.74, 6) is 1.14. The van der Waals surface area contributed by atoms with E-state index >= 15 is 0 Å². The van der Waals surface area contributed by atoms with Gasteiger partial charge in [-0.2, -0.15) is 0 Å². The summed E-state index contributed by atoms with van der Waals surface area (Å²) in [5.41, 5.74) is 6.39. The standard InChI is InChI=1S/C11H16N2O2/c1-7(2)14-11-10(12)9(5-6-13-11)15-8-3-4-8/h5-8H,3-4,12H2,1-2H3. The van der Waals surface area contributed by atoms with Gasteiger partial charge in [0.1, 0.15) is 11.4 Å². The monoisotopic (exact) mass is 208 g/mol. The predicted molar refractivity (Wildman–Crippen MR) is 58.1 cm³/mol. The number of nitrogens with zero attached hydrogens (tertiary/aromatic N) is 1. The first kappa shape index (κ1) is 10.1. The summed E-state index contributed by atoms with van der Waals surface area (Å²) in [4.78, 5) is 4.08. The van der Waals surface area contributed by atoms with Crippen LogP contribution in [-0.4, -0.2) is 17.2 Å². The molecular formula is C11H16N2O2. The summed E-state index contributed by atoms with van der Waals surface area (Å²) >= 11 is 0. The van der Waals surface area contributed by atoms with Crippen molar-refractivity contribution in [1.82, 2.24) is 4.98 Å². The molecule has 1 saturated carbocycles. The zero-order chi connectivity index (χ0) is 10.8. The molecule has 15 heavy (non-hydrogen) atoms. The highest BCUT2D eigenvalue weighted by Gasteiger charge is 2.25. The van der Waals surface area contributed by atoms with Crippen LogP contribution in [0.15, 0.2) is 12.3 Å². The minimum Gasteiger partial charge on any atom is -0.488 e. The number of aromatic nitrogens is 1. The lowest BCUT2D eigenvalue weighted by atomic mass is 10.3.